The fourth-order valence-electron chi connectivity index (χ4n) is 4.03. The highest BCUT2D eigenvalue weighted by Gasteiger charge is 2.21. The Morgan fingerprint density at radius 2 is 1.97 bits per heavy atom. The van der Waals surface area contributed by atoms with Gasteiger partial charge in [-0.15, -0.1) is 0 Å². The number of fused-ring (bicyclic) bond motifs is 1. The molecule has 3 aromatic rings. The Hall–Kier alpha value is -4.04. The highest BCUT2D eigenvalue weighted by atomic mass is 16.2. The molecule has 3 amide bonds. The first-order chi connectivity index (χ1) is 16.4. The monoisotopic (exact) mass is 457 g/mol. The molecule has 0 bridgehead atoms. The van der Waals surface area contributed by atoms with Gasteiger partial charge in [0.2, 0.25) is 11.8 Å². The van der Waals surface area contributed by atoms with Crippen LogP contribution in [0.4, 0.5) is 5.69 Å². The van der Waals surface area contributed by atoms with Crippen LogP contribution in [-0.2, 0) is 9.59 Å². The summed E-state index contributed by atoms with van der Waals surface area (Å²) >= 11 is 0. The molecule has 0 spiro atoms. The Balaban J connectivity index is 1.47. The van der Waals surface area contributed by atoms with Crippen LogP contribution in [0.3, 0.4) is 0 Å². The second-order valence-electron chi connectivity index (χ2n) is 8.34. The first kappa shape index (κ1) is 23.1. The van der Waals surface area contributed by atoms with Crippen LogP contribution in [0.25, 0.3) is 22.0 Å². The number of carbonyl (C=O) groups is 3. The van der Waals surface area contributed by atoms with Crippen LogP contribution in [0, 0.1) is 0 Å². The number of pyridine rings is 1. The summed E-state index contributed by atoms with van der Waals surface area (Å²) in [5.41, 5.74) is 2.29. The molecule has 8 nitrogen and oxygen atoms in total. The van der Waals surface area contributed by atoms with Gasteiger partial charge in [-0.1, -0.05) is 36.9 Å². The van der Waals surface area contributed by atoms with Crippen molar-refractivity contribution in [3.63, 3.8) is 0 Å². The highest BCUT2D eigenvalue weighted by Crippen LogP contribution is 2.28. The van der Waals surface area contributed by atoms with Crippen molar-refractivity contribution in [1.82, 2.24) is 20.5 Å². The van der Waals surface area contributed by atoms with E-state index in [1.165, 1.54) is 6.08 Å². The fraction of sp³-hybridized carbons (Fsp3) is 0.231. The number of aromatic nitrogens is 1. The summed E-state index contributed by atoms with van der Waals surface area (Å²) in [6.07, 6.45) is 2.13. The van der Waals surface area contributed by atoms with Crippen LogP contribution >= 0.6 is 0 Å². The molecule has 2 heterocycles. The topological polar surface area (TPSA) is 103 Å². The molecule has 4 rings (SSSR count). The van der Waals surface area contributed by atoms with Crippen molar-refractivity contribution < 1.29 is 14.4 Å². The molecule has 0 saturated carbocycles. The molecule has 1 aromatic heterocycles. The van der Waals surface area contributed by atoms with Crippen LogP contribution in [0.15, 0.2) is 67.3 Å². The summed E-state index contributed by atoms with van der Waals surface area (Å²) in [5.74, 6) is -0.924. The first-order valence-electron chi connectivity index (χ1n) is 11.1. The van der Waals surface area contributed by atoms with Gasteiger partial charge in [0.25, 0.3) is 5.91 Å². The largest absolute Gasteiger partial charge is 0.350 e. The van der Waals surface area contributed by atoms with E-state index in [2.05, 4.69) is 32.4 Å². The summed E-state index contributed by atoms with van der Waals surface area (Å²) < 4.78 is 0. The minimum absolute atomic E-state index is 0.104. The van der Waals surface area contributed by atoms with Gasteiger partial charge in [0.05, 0.1) is 12.2 Å². The van der Waals surface area contributed by atoms with Crippen molar-refractivity contribution in [1.29, 1.82) is 0 Å². The second kappa shape index (κ2) is 10.3. The van der Waals surface area contributed by atoms with Gasteiger partial charge in [-0.3, -0.25) is 14.4 Å². The Morgan fingerprint density at radius 1 is 1.15 bits per heavy atom. The van der Waals surface area contributed by atoms with Gasteiger partial charge >= 0.3 is 0 Å². The second-order valence-corrected chi connectivity index (χ2v) is 8.34. The van der Waals surface area contributed by atoms with Crippen LogP contribution in [0.5, 0.6) is 0 Å². The molecule has 1 fully saturated rings. The predicted molar refractivity (Wildman–Crippen MR) is 132 cm³/mol. The minimum Gasteiger partial charge on any atom is -0.350 e. The Labute approximate surface area is 198 Å². The van der Waals surface area contributed by atoms with Crippen molar-refractivity contribution in [3.05, 3.63) is 72.9 Å². The molecule has 3 N–H and O–H groups in total. The lowest BCUT2D eigenvalue weighted by molar-refractivity contribution is -0.120. The van der Waals surface area contributed by atoms with Crippen molar-refractivity contribution in [2.45, 2.75) is 12.5 Å². The van der Waals surface area contributed by atoms with E-state index < -0.39 is 5.91 Å². The van der Waals surface area contributed by atoms with E-state index in [-0.39, 0.29) is 30.1 Å². The third-order valence-corrected chi connectivity index (χ3v) is 5.77. The number of likely N-dealkylation sites (tertiary alicyclic amines) is 1. The first-order valence-corrected chi connectivity index (χ1v) is 11.1. The number of nitrogens with zero attached hydrogens (tertiary/aromatic N) is 2. The van der Waals surface area contributed by atoms with E-state index in [0.717, 1.165) is 35.8 Å². The fourth-order valence-corrected chi connectivity index (χ4v) is 4.03. The van der Waals surface area contributed by atoms with Crippen molar-refractivity contribution in [2.75, 3.05) is 32.0 Å². The number of nitrogens with one attached hydrogen (secondary N) is 3. The molecule has 1 saturated heterocycles. The predicted octanol–water partition coefficient (Wildman–Crippen LogP) is 2.58. The Kier molecular flexibility index (Phi) is 6.98. The number of hydrogen-bond acceptors (Lipinski definition) is 5. The summed E-state index contributed by atoms with van der Waals surface area (Å²) in [6, 6.07) is 16.7. The standard InChI is InChI=1S/C26H27N5O3/c1-3-24(32)30-22-8-4-6-17-10-11-18(14-20(17)22)21-7-5-9-23(29-21)26(34)27-15-25(33)28-19-12-13-31(2)16-19/h3-11,14,19H,1,12-13,15-16H2,2H3,(H,27,34)(H,28,33)(H,30,32). The van der Waals surface area contributed by atoms with E-state index in [9.17, 15) is 14.4 Å². The lowest BCUT2D eigenvalue weighted by atomic mass is 10.0. The van der Waals surface area contributed by atoms with Gasteiger partial charge < -0.3 is 20.9 Å². The average Bonchev–Trinajstić information content (AvgIpc) is 3.26. The van der Waals surface area contributed by atoms with E-state index in [1.807, 2.05) is 49.5 Å². The maximum atomic E-state index is 12.6. The molecule has 1 aliphatic heterocycles. The maximum Gasteiger partial charge on any atom is 0.270 e. The van der Waals surface area contributed by atoms with Crippen molar-refractivity contribution >= 4 is 34.2 Å². The van der Waals surface area contributed by atoms with Crippen LogP contribution < -0.4 is 16.0 Å². The van der Waals surface area contributed by atoms with Crippen molar-refractivity contribution in [3.8, 4) is 11.3 Å². The van der Waals surface area contributed by atoms with Crippen molar-refractivity contribution in [2.24, 2.45) is 0 Å². The third-order valence-electron chi connectivity index (χ3n) is 5.77. The minimum atomic E-state index is -0.416. The Morgan fingerprint density at radius 3 is 2.74 bits per heavy atom. The molecular weight excluding hydrogens is 430 g/mol. The number of hydrogen-bond donors (Lipinski definition) is 3. The number of benzene rings is 2. The third kappa shape index (κ3) is 5.47. The lowest BCUT2D eigenvalue weighted by Gasteiger charge is -2.13. The van der Waals surface area contributed by atoms with E-state index >= 15 is 0 Å². The van der Waals surface area contributed by atoms with Gasteiger partial charge in [-0.05, 0) is 55.7 Å². The number of anilines is 1. The molecule has 1 atom stereocenters. The smallest absolute Gasteiger partial charge is 0.270 e. The quantitative estimate of drug-likeness (QED) is 0.473. The number of rotatable bonds is 7. The Bertz CT molecular complexity index is 1260. The number of carbonyl (C=O) groups excluding carboxylic acids is 3. The maximum absolute atomic E-state index is 12.6. The van der Waals surface area contributed by atoms with Gasteiger partial charge in [-0.2, -0.15) is 0 Å². The molecule has 1 unspecified atom stereocenters. The number of amides is 3. The average molecular weight is 458 g/mol. The molecule has 0 aliphatic carbocycles. The molecule has 174 valence electrons. The van der Waals surface area contributed by atoms with E-state index in [1.54, 1.807) is 12.1 Å². The zero-order valence-corrected chi connectivity index (χ0v) is 19.0. The summed E-state index contributed by atoms with van der Waals surface area (Å²) in [5, 5.41) is 10.2. The van der Waals surface area contributed by atoms with Crippen LogP contribution in [-0.4, -0.2) is 60.3 Å². The molecule has 34 heavy (non-hydrogen) atoms. The van der Waals surface area contributed by atoms with E-state index in [4.69, 9.17) is 0 Å². The molecular formula is C26H27N5O3. The van der Waals surface area contributed by atoms with Crippen LogP contribution in [0.2, 0.25) is 0 Å². The zero-order valence-electron chi connectivity index (χ0n) is 19.0. The highest BCUT2D eigenvalue weighted by molar-refractivity contribution is 6.06. The summed E-state index contributed by atoms with van der Waals surface area (Å²) in [7, 11) is 2.01. The molecule has 1 aliphatic rings. The van der Waals surface area contributed by atoms with Crippen LogP contribution in [0.1, 0.15) is 16.9 Å². The van der Waals surface area contributed by atoms with Gasteiger partial charge in [0, 0.05) is 29.2 Å². The molecule has 0 radical (unpaired) electrons. The van der Waals surface area contributed by atoms with Gasteiger partial charge in [0.15, 0.2) is 0 Å². The molecule has 2 aromatic carbocycles. The van der Waals surface area contributed by atoms with E-state index in [0.29, 0.717) is 11.4 Å². The summed E-state index contributed by atoms with van der Waals surface area (Å²) in [6.45, 7) is 5.15. The lowest BCUT2D eigenvalue weighted by Crippen LogP contribution is -2.43. The molecule has 8 heteroatoms. The zero-order chi connectivity index (χ0) is 24.1. The number of likely N-dealkylation sites (N-methyl/N-ethyl adjacent to an activating group) is 1. The summed E-state index contributed by atoms with van der Waals surface area (Å²) in [4.78, 5) is 43.3. The SMILES string of the molecule is C=CC(=O)Nc1cccc2ccc(-c3cccc(C(=O)NCC(=O)NC4CCN(C)C4)n3)cc12. The van der Waals surface area contributed by atoms with Gasteiger partial charge in [-0.25, -0.2) is 4.98 Å². The van der Waals surface area contributed by atoms with Gasteiger partial charge in [0.1, 0.15) is 5.69 Å². The normalized spacial score (nSPS) is 15.6.